The zero-order valence-electron chi connectivity index (χ0n) is 17.5. The number of rotatable bonds is 11. The van der Waals surface area contributed by atoms with Gasteiger partial charge in [-0.3, -0.25) is 4.99 Å². The average molecular weight is 380 g/mol. The number of unbranched alkanes of at least 4 members (excludes halogenated alkanes) is 4. The van der Waals surface area contributed by atoms with Gasteiger partial charge < -0.3 is 20.3 Å². The molecule has 8 heteroatoms. The predicted molar refractivity (Wildman–Crippen MR) is 109 cm³/mol. The van der Waals surface area contributed by atoms with Gasteiger partial charge in [0, 0.05) is 33.2 Å². The lowest BCUT2D eigenvalue weighted by atomic mass is 10.1. The molecular formula is C19H37N7O. The largest absolute Gasteiger partial charge is 0.377 e. The molecule has 2 heterocycles. The van der Waals surface area contributed by atoms with E-state index < -0.39 is 0 Å². The summed E-state index contributed by atoms with van der Waals surface area (Å²) in [5.74, 6) is 2.70. The zero-order chi connectivity index (χ0) is 19.5. The molecule has 0 fully saturated rings. The smallest absolute Gasteiger partial charge is 0.191 e. The Morgan fingerprint density at radius 3 is 2.78 bits per heavy atom. The van der Waals surface area contributed by atoms with Crippen LogP contribution in [0.2, 0.25) is 0 Å². The van der Waals surface area contributed by atoms with Crippen molar-refractivity contribution in [2.75, 3.05) is 41.3 Å². The van der Waals surface area contributed by atoms with Crippen molar-refractivity contribution >= 4 is 5.96 Å². The Morgan fingerprint density at radius 1 is 1.26 bits per heavy atom. The molecule has 1 aliphatic heterocycles. The molecule has 8 nitrogen and oxygen atoms in total. The summed E-state index contributed by atoms with van der Waals surface area (Å²) in [5.41, 5.74) is 0. The maximum Gasteiger partial charge on any atom is 0.191 e. The molecule has 2 rings (SSSR count). The summed E-state index contributed by atoms with van der Waals surface area (Å²) in [6, 6.07) is 0.326. The van der Waals surface area contributed by atoms with Gasteiger partial charge in [0.25, 0.3) is 0 Å². The molecule has 1 aromatic heterocycles. The minimum atomic E-state index is 0.326. The van der Waals surface area contributed by atoms with Crippen LogP contribution in [0.5, 0.6) is 0 Å². The number of nitrogens with zero attached hydrogens (tertiary/aromatic N) is 5. The van der Waals surface area contributed by atoms with E-state index in [1.807, 2.05) is 11.7 Å². The topological polar surface area (TPSA) is 79.6 Å². The number of methoxy groups -OCH3 is 1. The van der Waals surface area contributed by atoms with Crippen molar-refractivity contribution in [1.29, 1.82) is 0 Å². The van der Waals surface area contributed by atoms with Crippen LogP contribution < -0.4 is 10.6 Å². The predicted octanol–water partition coefficient (Wildman–Crippen LogP) is 1.42. The molecule has 0 aromatic carbocycles. The molecule has 154 valence electrons. The van der Waals surface area contributed by atoms with Gasteiger partial charge in [-0.2, -0.15) is 5.10 Å². The van der Waals surface area contributed by atoms with Gasteiger partial charge in [0.05, 0.1) is 6.54 Å². The Bertz CT molecular complexity index is 570. The summed E-state index contributed by atoms with van der Waals surface area (Å²) < 4.78 is 7.12. The number of guanidine groups is 1. The minimum absolute atomic E-state index is 0.326. The highest BCUT2D eigenvalue weighted by Crippen LogP contribution is 2.13. The molecule has 1 aliphatic rings. The Labute approximate surface area is 163 Å². The van der Waals surface area contributed by atoms with Gasteiger partial charge in [-0.25, -0.2) is 9.67 Å². The van der Waals surface area contributed by atoms with Crippen LogP contribution in [0.15, 0.2) is 4.99 Å². The molecular weight excluding hydrogens is 342 g/mol. The first-order valence-electron chi connectivity index (χ1n) is 10.2. The number of aryl methyl sites for hydroxylation is 1. The van der Waals surface area contributed by atoms with Crippen LogP contribution in [0.4, 0.5) is 0 Å². The van der Waals surface area contributed by atoms with Crippen molar-refractivity contribution in [3.05, 3.63) is 11.6 Å². The van der Waals surface area contributed by atoms with Crippen LogP contribution in [0.3, 0.4) is 0 Å². The molecule has 0 aliphatic carbocycles. The van der Waals surface area contributed by atoms with E-state index >= 15 is 0 Å². The monoisotopic (exact) mass is 379 g/mol. The number of ether oxygens (including phenoxy) is 1. The summed E-state index contributed by atoms with van der Waals surface area (Å²) in [7, 11) is 7.77. The Hall–Kier alpha value is -1.67. The van der Waals surface area contributed by atoms with Gasteiger partial charge >= 0.3 is 0 Å². The molecule has 1 unspecified atom stereocenters. The summed E-state index contributed by atoms with van der Waals surface area (Å²) in [6.45, 7) is 3.44. The van der Waals surface area contributed by atoms with E-state index in [4.69, 9.17) is 4.74 Å². The van der Waals surface area contributed by atoms with Crippen LogP contribution in [0.25, 0.3) is 0 Å². The number of aromatic nitrogens is 3. The first kappa shape index (κ1) is 21.6. The first-order valence-corrected chi connectivity index (χ1v) is 10.2. The second kappa shape index (κ2) is 11.9. The number of hydrogen-bond donors (Lipinski definition) is 2. The van der Waals surface area contributed by atoms with E-state index in [1.165, 1.54) is 38.6 Å². The fraction of sp³-hybridized carbons (Fsp3) is 0.842. The maximum absolute atomic E-state index is 5.13. The van der Waals surface area contributed by atoms with E-state index in [9.17, 15) is 0 Å². The minimum Gasteiger partial charge on any atom is -0.377 e. The Balaban J connectivity index is 1.62. The quantitative estimate of drug-likeness (QED) is 0.344. The number of hydrogen-bond acceptors (Lipinski definition) is 5. The zero-order valence-corrected chi connectivity index (χ0v) is 17.5. The third-order valence-corrected chi connectivity index (χ3v) is 4.81. The van der Waals surface area contributed by atoms with Crippen LogP contribution in [0, 0.1) is 0 Å². The van der Waals surface area contributed by atoms with Crippen LogP contribution >= 0.6 is 0 Å². The van der Waals surface area contributed by atoms with Crippen molar-refractivity contribution in [2.24, 2.45) is 4.99 Å². The normalized spacial score (nSPS) is 17.2. The van der Waals surface area contributed by atoms with E-state index in [0.29, 0.717) is 12.6 Å². The second-order valence-electron chi connectivity index (χ2n) is 7.51. The van der Waals surface area contributed by atoms with Gasteiger partial charge in [0.1, 0.15) is 12.4 Å². The number of nitrogens with one attached hydrogen (secondary N) is 2. The van der Waals surface area contributed by atoms with Gasteiger partial charge in [-0.05, 0) is 39.9 Å². The molecule has 1 atom stereocenters. The van der Waals surface area contributed by atoms with Gasteiger partial charge in [0.2, 0.25) is 0 Å². The van der Waals surface area contributed by atoms with Crippen LogP contribution in [-0.2, 0) is 24.3 Å². The Kier molecular flexibility index (Phi) is 9.55. The number of aliphatic imine (C=N–C) groups is 1. The lowest BCUT2D eigenvalue weighted by Crippen LogP contribution is -2.47. The van der Waals surface area contributed by atoms with Gasteiger partial charge in [-0.15, -0.1) is 0 Å². The first-order chi connectivity index (χ1) is 13.1. The third-order valence-electron chi connectivity index (χ3n) is 4.81. The molecule has 2 N–H and O–H groups in total. The van der Waals surface area contributed by atoms with Crippen molar-refractivity contribution < 1.29 is 4.74 Å². The van der Waals surface area contributed by atoms with Crippen molar-refractivity contribution in [2.45, 2.75) is 64.1 Å². The van der Waals surface area contributed by atoms with Gasteiger partial charge in [-0.1, -0.05) is 19.3 Å². The highest BCUT2D eigenvalue weighted by Gasteiger charge is 2.22. The van der Waals surface area contributed by atoms with Crippen molar-refractivity contribution in [3.63, 3.8) is 0 Å². The Morgan fingerprint density at radius 2 is 2.04 bits per heavy atom. The van der Waals surface area contributed by atoms with E-state index in [1.54, 1.807) is 7.11 Å². The fourth-order valence-electron chi connectivity index (χ4n) is 3.35. The molecule has 0 saturated heterocycles. The fourth-order valence-corrected chi connectivity index (χ4v) is 3.35. The lowest BCUT2D eigenvalue weighted by Gasteiger charge is -2.25. The summed E-state index contributed by atoms with van der Waals surface area (Å²) in [6.07, 6.45) is 8.34. The van der Waals surface area contributed by atoms with Gasteiger partial charge in [0.15, 0.2) is 11.8 Å². The molecule has 1 aromatic rings. The maximum atomic E-state index is 5.13. The van der Waals surface area contributed by atoms with Crippen LogP contribution in [-0.4, -0.2) is 73.0 Å². The van der Waals surface area contributed by atoms with E-state index in [0.717, 1.165) is 43.5 Å². The second-order valence-corrected chi connectivity index (χ2v) is 7.51. The average Bonchev–Trinajstić information content (AvgIpc) is 3.04. The van der Waals surface area contributed by atoms with Crippen molar-refractivity contribution in [1.82, 2.24) is 30.3 Å². The van der Waals surface area contributed by atoms with Crippen molar-refractivity contribution in [3.8, 4) is 0 Å². The molecule has 0 amide bonds. The molecule has 0 bridgehead atoms. The third kappa shape index (κ3) is 7.84. The standard InChI is InChI=1S/C19H37N7O/c1-20-19(21-12-8-6-5-7-9-13-25(2)3)22-16-10-11-18-23-17(15-27-4)24-26(18)14-16/h16H,5-15H2,1-4H3,(H2,20,21,22). The molecule has 0 radical (unpaired) electrons. The molecule has 0 saturated carbocycles. The van der Waals surface area contributed by atoms with Crippen LogP contribution in [0.1, 0.15) is 50.2 Å². The number of fused-ring (bicyclic) bond motifs is 1. The highest BCUT2D eigenvalue weighted by molar-refractivity contribution is 5.79. The highest BCUT2D eigenvalue weighted by atomic mass is 16.5. The SMILES string of the molecule is CN=C(NCCCCCCCN(C)C)NC1CCc2nc(COC)nn2C1. The molecule has 0 spiro atoms. The lowest BCUT2D eigenvalue weighted by molar-refractivity contribution is 0.177. The molecule has 27 heavy (non-hydrogen) atoms. The van der Waals surface area contributed by atoms with E-state index in [2.05, 4.69) is 44.7 Å². The summed E-state index contributed by atoms with van der Waals surface area (Å²) in [5, 5.41) is 11.5. The van der Waals surface area contributed by atoms with E-state index in [-0.39, 0.29) is 0 Å². The summed E-state index contributed by atoms with van der Waals surface area (Å²) in [4.78, 5) is 11.1. The summed E-state index contributed by atoms with van der Waals surface area (Å²) >= 11 is 0.